The quantitative estimate of drug-likeness (QED) is 0.657. The fourth-order valence-corrected chi connectivity index (χ4v) is 4.53. The predicted molar refractivity (Wildman–Crippen MR) is 120 cm³/mol. The predicted octanol–water partition coefficient (Wildman–Crippen LogP) is 4.48. The van der Waals surface area contributed by atoms with E-state index in [0.29, 0.717) is 29.4 Å². The van der Waals surface area contributed by atoms with Gasteiger partial charge in [-0.1, -0.05) is 23.7 Å². The SMILES string of the molecule is COC(=O)CC1CN(C2=Nc3cc(Cl)ccc3Oc3ccccc32)CCN1CC1CC1. The van der Waals surface area contributed by atoms with Crippen molar-refractivity contribution in [3.63, 3.8) is 0 Å². The molecule has 0 radical (unpaired) electrons. The molecule has 1 aliphatic carbocycles. The number of esters is 1. The molecule has 0 spiro atoms. The fourth-order valence-electron chi connectivity index (χ4n) is 4.37. The molecule has 5 rings (SSSR count). The van der Waals surface area contributed by atoms with Gasteiger partial charge in [0.2, 0.25) is 0 Å². The second kappa shape index (κ2) is 8.52. The minimum absolute atomic E-state index is 0.0969. The number of halogens is 1. The van der Waals surface area contributed by atoms with Crippen LogP contribution < -0.4 is 4.74 Å². The van der Waals surface area contributed by atoms with Crippen LogP contribution in [-0.2, 0) is 9.53 Å². The Kier molecular flexibility index (Phi) is 5.59. The van der Waals surface area contributed by atoms with Gasteiger partial charge in [0.15, 0.2) is 5.75 Å². The van der Waals surface area contributed by atoms with Gasteiger partial charge in [-0.05, 0) is 49.1 Å². The van der Waals surface area contributed by atoms with E-state index in [1.54, 1.807) is 0 Å². The average molecular weight is 440 g/mol. The number of benzene rings is 2. The van der Waals surface area contributed by atoms with Crippen molar-refractivity contribution in [1.29, 1.82) is 0 Å². The molecule has 7 heteroatoms. The Bertz CT molecular complexity index is 1020. The number of carbonyl (C=O) groups is 1. The summed E-state index contributed by atoms with van der Waals surface area (Å²) in [4.78, 5) is 21.9. The first-order valence-electron chi connectivity index (χ1n) is 10.8. The summed E-state index contributed by atoms with van der Waals surface area (Å²) in [5, 5.41) is 0.620. The summed E-state index contributed by atoms with van der Waals surface area (Å²) < 4.78 is 11.2. The molecule has 3 aliphatic rings. The van der Waals surface area contributed by atoms with E-state index in [1.165, 1.54) is 20.0 Å². The topological polar surface area (TPSA) is 54.4 Å². The van der Waals surface area contributed by atoms with E-state index >= 15 is 0 Å². The highest BCUT2D eigenvalue weighted by atomic mass is 35.5. The zero-order valence-electron chi connectivity index (χ0n) is 17.6. The number of hydrogen-bond donors (Lipinski definition) is 0. The second-order valence-electron chi connectivity index (χ2n) is 8.46. The largest absolute Gasteiger partial charge is 0.469 e. The van der Waals surface area contributed by atoms with Gasteiger partial charge in [0, 0.05) is 37.2 Å². The van der Waals surface area contributed by atoms with Gasteiger partial charge in [-0.15, -0.1) is 0 Å². The van der Waals surface area contributed by atoms with Gasteiger partial charge in [-0.25, -0.2) is 4.99 Å². The van der Waals surface area contributed by atoms with Crippen LogP contribution in [0.4, 0.5) is 5.69 Å². The van der Waals surface area contributed by atoms with Crippen LogP contribution in [0.3, 0.4) is 0 Å². The van der Waals surface area contributed by atoms with E-state index in [0.717, 1.165) is 42.7 Å². The molecule has 0 bridgehead atoms. The molecule has 2 aromatic carbocycles. The zero-order valence-corrected chi connectivity index (χ0v) is 18.3. The summed E-state index contributed by atoms with van der Waals surface area (Å²) >= 11 is 6.25. The van der Waals surface area contributed by atoms with Crippen LogP contribution >= 0.6 is 11.6 Å². The molecular formula is C24H26ClN3O3. The first-order chi connectivity index (χ1) is 15.1. The lowest BCUT2D eigenvalue weighted by Crippen LogP contribution is -2.56. The van der Waals surface area contributed by atoms with Crippen LogP contribution in [0.2, 0.25) is 5.02 Å². The molecule has 6 nitrogen and oxygen atoms in total. The second-order valence-corrected chi connectivity index (χ2v) is 8.90. The maximum absolute atomic E-state index is 12.1. The van der Waals surface area contributed by atoms with Crippen molar-refractivity contribution in [2.75, 3.05) is 33.3 Å². The molecule has 0 aromatic heterocycles. The van der Waals surface area contributed by atoms with E-state index < -0.39 is 0 Å². The van der Waals surface area contributed by atoms with E-state index in [9.17, 15) is 4.79 Å². The summed E-state index contributed by atoms with van der Waals surface area (Å²) in [7, 11) is 1.46. The molecule has 0 amide bonds. The number of methoxy groups -OCH3 is 1. The summed E-state index contributed by atoms with van der Waals surface area (Å²) in [6.45, 7) is 3.50. The average Bonchev–Trinajstić information content (AvgIpc) is 3.60. The Morgan fingerprint density at radius 2 is 2.03 bits per heavy atom. The van der Waals surface area contributed by atoms with Crippen molar-refractivity contribution in [1.82, 2.24) is 9.80 Å². The van der Waals surface area contributed by atoms with Crippen molar-refractivity contribution >= 4 is 29.1 Å². The lowest BCUT2D eigenvalue weighted by Gasteiger charge is -2.42. The molecule has 1 saturated heterocycles. The van der Waals surface area contributed by atoms with Gasteiger partial charge in [0.05, 0.1) is 19.1 Å². The highest BCUT2D eigenvalue weighted by Gasteiger charge is 2.35. The highest BCUT2D eigenvalue weighted by molar-refractivity contribution is 6.31. The van der Waals surface area contributed by atoms with Gasteiger partial charge >= 0.3 is 5.97 Å². The molecule has 2 fully saturated rings. The zero-order chi connectivity index (χ0) is 21.4. The molecule has 2 heterocycles. The molecule has 1 saturated carbocycles. The summed E-state index contributed by atoms with van der Waals surface area (Å²) in [6.07, 6.45) is 2.97. The third-order valence-corrected chi connectivity index (χ3v) is 6.45. The molecule has 162 valence electrons. The molecule has 1 atom stereocenters. The fraction of sp³-hybridized carbons (Fsp3) is 0.417. The van der Waals surface area contributed by atoms with Gasteiger partial charge in [0.1, 0.15) is 17.3 Å². The van der Waals surface area contributed by atoms with Crippen LogP contribution in [0.15, 0.2) is 47.5 Å². The van der Waals surface area contributed by atoms with Crippen molar-refractivity contribution in [2.24, 2.45) is 10.9 Å². The number of nitrogens with zero attached hydrogens (tertiary/aromatic N) is 3. The van der Waals surface area contributed by atoms with E-state index in [-0.39, 0.29) is 12.0 Å². The minimum Gasteiger partial charge on any atom is -0.469 e. The highest BCUT2D eigenvalue weighted by Crippen LogP contribution is 2.40. The van der Waals surface area contributed by atoms with Crippen molar-refractivity contribution < 1.29 is 14.3 Å². The number of amidine groups is 1. The Hall–Kier alpha value is -2.57. The van der Waals surface area contributed by atoms with Gasteiger partial charge in [-0.2, -0.15) is 0 Å². The number of carbonyl (C=O) groups excluding carboxylic acids is 1. The van der Waals surface area contributed by atoms with Crippen molar-refractivity contribution in [3.05, 3.63) is 53.1 Å². The third-order valence-electron chi connectivity index (χ3n) is 6.22. The van der Waals surface area contributed by atoms with Gasteiger partial charge in [0.25, 0.3) is 0 Å². The molecular weight excluding hydrogens is 414 g/mol. The van der Waals surface area contributed by atoms with E-state index in [2.05, 4.69) is 9.80 Å². The van der Waals surface area contributed by atoms with Crippen LogP contribution in [-0.4, -0.2) is 60.9 Å². The Labute approximate surface area is 187 Å². The lowest BCUT2D eigenvalue weighted by molar-refractivity contribution is -0.142. The van der Waals surface area contributed by atoms with Crippen molar-refractivity contribution in [3.8, 4) is 11.5 Å². The van der Waals surface area contributed by atoms with Crippen LogP contribution in [0.5, 0.6) is 11.5 Å². The maximum atomic E-state index is 12.1. The van der Waals surface area contributed by atoms with Crippen LogP contribution in [0.1, 0.15) is 24.8 Å². The Morgan fingerprint density at radius 1 is 1.19 bits per heavy atom. The molecule has 31 heavy (non-hydrogen) atoms. The van der Waals surface area contributed by atoms with Gasteiger partial charge in [-0.3, -0.25) is 9.69 Å². The lowest BCUT2D eigenvalue weighted by atomic mass is 10.1. The summed E-state index contributed by atoms with van der Waals surface area (Å²) in [5.74, 6) is 2.91. The number of piperazine rings is 1. The first kappa shape index (κ1) is 20.3. The van der Waals surface area contributed by atoms with Crippen LogP contribution in [0.25, 0.3) is 0 Å². The minimum atomic E-state index is -0.170. The maximum Gasteiger partial charge on any atom is 0.307 e. The normalized spacial score (nSPS) is 20.8. The van der Waals surface area contributed by atoms with Crippen LogP contribution in [0, 0.1) is 5.92 Å². The number of para-hydroxylation sites is 1. The number of fused-ring (bicyclic) bond motifs is 2. The molecule has 2 aliphatic heterocycles. The van der Waals surface area contributed by atoms with E-state index in [1.807, 2.05) is 42.5 Å². The number of hydrogen-bond acceptors (Lipinski definition) is 6. The standard InChI is InChI=1S/C24H26ClN3O3/c1-30-23(29)13-18-15-28(11-10-27(18)14-16-6-7-16)24-19-4-2-3-5-21(19)31-22-9-8-17(25)12-20(22)26-24/h2-5,8-9,12,16,18H,6-7,10-11,13-15H2,1H3. The number of aliphatic imine (C=N–C) groups is 1. The third kappa shape index (κ3) is 4.41. The number of rotatable bonds is 4. The monoisotopic (exact) mass is 439 g/mol. The summed E-state index contributed by atoms with van der Waals surface area (Å²) in [6, 6.07) is 13.6. The first-order valence-corrected chi connectivity index (χ1v) is 11.2. The Morgan fingerprint density at radius 3 is 2.84 bits per heavy atom. The number of ether oxygens (including phenoxy) is 2. The molecule has 2 aromatic rings. The molecule has 1 unspecified atom stereocenters. The molecule has 0 N–H and O–H groups in total. The van der Waals surface area contributed by atoms with Crippen molar-refractivity contribution in [2.45, 2.75) is 25.3 Å². The van der Waals surface area contributed by atoms with Gasteiger partial charge < -0.3 is 14.4 Å². The van der Waals surface area contributed by atoms with E-state index in [4.69, 9.17) is 26.1 Å². The smallest absolute Gasteiger partial charge is 0.307 e. The summed E-state index contributed by atoms with van der Waals surface area (Å²) in [5.41, 5.74) is 1.66. The Balaban J connectivity index is 1.49.